The minimum Gasteiger partial charge on any atom is -0.381 e. The maximum absolute atomic E-state index is 11.2. The fraction of sp³-hybridized carbons (Fsp3) is 0.533. The quantitative estimate of drug-likeness (QED) is 0.824. The summed E-state index contributed by atoms with van der Waals surface area (Å²) in [5.74, 6) is 0.105. The predicted molar refractivity (Wildman–Crippen MR) is 76.8 cm³/mol. The van der Waals surface area contributed by atoms with E-state index in [4.69, 9.17) is 4.74 Å². The number of carbonyl (C=O) groups is 1. The van der Waals surface area contributed by atoms with E-state index in [0.717, 1.165) is 44.1 Å². The van der Waals surface area contributed by atoms with Gasteiger partial charge in [-0.1, -0.05) is 0 Å². The Morgan fingerprint density at radius 2 is 1.95 bits per heavy atom. The number of Topliss-reactive ketones (excluding diaryl/α,β-unsaturated/α-hetero) is 1. The molecule has 0 bridgehead atoms. The van der Waals surface area contributed by atoms with Crippen LogP contribution in [-0.4, -0.2) is 49.6 Å². The number of ether oxygens (including phenoxy) is 1. The molecule has 4 heteroatoms. The molecule has 1 aliphatic rings. The van der Waals surface area contributed by atoms with Gasteiger partial charge in [-0.25, -0.2) is 0 Å². The number of hydrogen-bond donors (Lipinski definition) is 1. The van der Waals surface area contributed by atoms with Crippen molar-refractivity contribution in [2.45, 2.75) is 19.9 Å². The van der Waals surface area contributed by atoms with E-state index in [-0.39, 0.29) is 5.78 Å². The molecule has 4 nitrogen and oxygen atoms in total. The Hall–Kier alpha value is -1.39. The Morgan fingerprint density at radius 1 is 1.32 bits per heavy atom. The van der Waals surface area contributed by atoms with Gasteiger partial charge in [0.1, 0.15) is 0 Å². The summed E-state index contributed by atoms with van der Waals surface area (Å²) in [5, 5.41) is 3.46. The zero-order valence-corrected chi connectivity index (χ0v) is 11.7. The lowest BCUT2D eigenvalue weighted by atomic mass is 10.1. The molecule has 1 aromatic carbocycles. The van der Waals surface area contributed by atoms with Crippen molar-refractivity contribution in [3.05, 3.63) is 29.8 Å². The van der Waals surface area contributed by atoms with Gasteiger partial charge in [-0.05, 0) is 38.1 Å². The third kappa shape index (κ3) is 4.33. The van der Waals surface area contributed by atoms with E-state index in [1.807, 2.05) is 24.3 Å². The number of anilines is 1. The molecule has 1 saturated heterocycles. The van der Waals surface area contributed by atoms with Gasteiger partial charge >= 0.3 is 0 Å². The van der Waals surface area contributed by atoms with E-state index in [1.165, 1.54) is 0 Å². The Morgan fingerprint density at radius 3 is 2.53 bits per heavy atom. The van der Waals surface area contributed by atoms with Gasteiger partial charge in [-0.15, -0.1) is 0 Å². The Bertz CT molecular complexity index is 411. The standard InChI is InChI=1S/C15H22N2O2/c1-12(11-17-7-9-19-10-8-17)16-15-5-3-14(4-6-15)13(2)18/h3-6,12,16H,7-11H2,1-2H3. The van der Waals surface area contributed by atoms with E-state index in [9.17, 15) is 4.79 Å². The molecule has 0 saturated carbocycles. The fourth-order valence-corrected chi connectivity index (χ4v) is 2.30. The first kappa shape index (κ1) is 14.0. The number of morpholine rings is 1. The van der Waals surface area contributed by atoms with Crippen molar-refractivity contribution in [2.75, 3.05) is 38.2 Å². The second kappa shape index (κ2) is 6.68. The van der Waals surface area contributed by atoms with Crippen LogP contribution in [-0.2, 0) is 4.74 Å². The van der Waals surface area contributed by atoms with Gasteiger partial charge in [-0.2, -0.15) is 0 Å². The van der Waals surface area contributed by atoms with Crippen molar-refractivity contribution in [2.24, 2.45) is 0 Å². The van der Waals surface area contributed by atoms with Gasteiger partial charge in [0.05, 0.1) is 13.2 Å². The Labute approximate surface area is 114 Å². The monoisotopic (exact) mass is 262 g/mol. The molecule has 1 atom stereocenters. The van der Waals surface area contributed by atoms with E-state index < -0.39 is 0 Å². The average molecular weight is 262 g/mol. The van der Waals surface area contributed by atoms with Crippen molar-refractivity contribution in [3.8, 4) is 0 Å². The lowest BCUT2D eigenvalue weighted by molar-refractivity contribution is 0.0368. The zero-order chi connectivity index (χ0) is 13.7. The molecule has 1 aliphatic heterocycles. The molecule has 104 valence electrons. The maximum Gasteiger partial charge on any atom is 0.159 e. The molecule has 1 aromatic rings. The summed E-state index contributed by atoms with van der Waals surface area (Å²) in [6.07, 6.45) is 0. The summed E-state index contributed by atoms with van der Waals surface area (Å²) < 4.78 is 5.34. The number of rotatable bonds is 5. The molecule has 0 amide bonds. The molecule has 0 aromatic heterocycles. The van der Waals surface area contributed by atoms with Crippen molar-refractivity contribution >= 4 is 11.5 Å². The van der Waals surface area contributed by atoms with Crippen molar-refractivity contribution in [1.82, 2.24) is 4.90 Å². The van der Waals surface area contributed by atoms with Crippen LogP contribution < -0.4 is 5.32 Å². The molecule has 0 aliphatic carbocycles. The Balaban J connectivity index is 1.83. The molecule has 1 N–H and O–H groups in total. The highest BCUT2D eigenvalue weighted by Crippen LogP contribution is 2.12. The smallest absolute Gasteiger partial charge is 0.159 e. The minimum absolute atomic E-state index is 0.105. The molecule has 0 radical (unpaired) electrons. The number of carbonyl (C=O) groups excluding carboxylic acids is 1. The summed E-state index contributed by atoms with van der Waals surface area (Å²) in [5.41, 5.74) is 1.82. The van der Waals surface area contributed by atoms with Crippen LogP contribution in [0.4, 0.5) is 5.69 Å². The average Bonchev–Trinajstić information content (AvgIpc) is 2.40. The first-order valence-electron chi connectivity index (χ1n) is 6.83. The van der Waals surface area contributed by atoms with Crippen LogP contribution in [0.2, 0.25) is 0 Å². The summed E-state index contributed by atoms with van der Waals surface area (Å²) >= 11 is 0. The van der Waals surface area contributed by atoms with Crippen LogP contribution in [0.1, 0.15) is 24.2 Å². The highest BCUT2D eigenvalue weighted by Gasteiger charge is 2.13. The number of ketones is 1. The van der Waals surface area contributed by atoms with Crippen LogP contribution in [0.15, 0.2) is 24.3 Å². The zero-order valence-electron chi connectivity index (χ0n) is 11.7. The topological polar surface area (TPSA) is 41.6 Å². The van der Waals surface area contributed by atoms with Gasteiger partial charge < -0.3 is 10.1 Å². The minimum atomic E-state index is 0.105. The Kier molecular flexibility index (Phi) is 4.93. The summed E-state index contributed by atoms with van der Waals surface area (Å²) in [4.78, 5) is 13.6. The SMILES string of the molecule is CC(=O)c1ccc(NC(C)CN2CCOCC2)cc1. The van der Waals surface area contributed by atoms with Gasteiger partial charge in [0.25, 0.3) is 0 Å². The molecular formula is C15H22N2O2. The first-order chi connectivity index (χ1) is 9.15. The summed E-state index contributed by atoms with van der Waals surface area (Å²) in [6, 6.07) is 8.04. The molecular weight excluding hydrogens is 240 g/mol. The molecule has 2 rings (SSSR count). The number of hydrogen-bond acceptors (Lipinski definition) is 4. The predicted octanol–water partition coefficient (Wildman–Crippen LogP) is 2.02. The van der Waals surface area contributed by atoms with E-state index in [1.54, 1.807) is 6.92 Å². The molecule has 19 heavy (non-hydrogen) atoms. The van der Waals surface area contributed by atoms with Crippen LogP contribution in [0.5, 0.6) is 0 Å². The van der Waals surface area contributed by atoms with Crippen LogP contribution in [0.3, 0.4) is 0 Å². The van der Waals surface area contributed by atoms with E-state index >= 15 is 0 Å². The van der Waals surface area contributed by atoms with Gasteiger partial charge in [0, 0.05) is 36.9 Å². The first-order valence-corrected chi connectivity index (χ1v) is 6.83. The highest BCUT2D eigenvalue weighted by molar-refractivity contribution is 5.94. The van der Waals surface area contributed by atoms with Gasteiger partial charge in [0.15, 0.2) is 5.78 Å². The fourth-order valence-electron chi connectivity index (χ4n) is 2.30. The van der Waals surface area contributed by atoms with E-state index in [0.29, 0.717) is 6.04 Å². The number of nitrogens with one attached hydrogen (secondary N) is 1. The molecule has 1 heterocycles. The van der Waals surface area contributed by atoms with Crippen LogP contribution in [0.25, 0.3) is 0 Å². The maximum atomic E-state index is 11.2. The van der Waals surface area contributed by atoms with Crippen molar-refractivity contribution in [1.29, 1.82) is 0 Å². The number of benzene rings is 1. The normalized spacial score (nSPS) is 18.0. The number of nitrogens with zero attached hydrogens (tertiary/aromatic N) is 1. The second-order valence-electron chi connectivity index (χ2n) is 5.09. The molecule has 0 spiro atoms. The third-order valence-corrected chi connectivity index (χ3v) is 3.34. The van der Waals surface area contributed by atoms with Crippen molar-refractivity contribution < 1.29 is 9.53 Å². The molecule has 1 unspecified atom stereocenters. The molecule has 1 fully saturated rings. The third-order valence-electron chi connectivity index (χ3n) is 3.34. The van der Waals surface area contributed by atoms with Crippen LogP contribution >= 0.6 is 0 Å². The highest BCUT2D eigenvalue weighted by atomic mass is 16.5. The second-order valence-corrected chi connectivity index (χ2v) is 5.09. The lowest BCUT2D eigenvalue weighted by Crippen LogP contribution is -2.42. The van der Waals surface area contributed by atoms with Crippen LogP contribution in [0, 0.1) is 0 Å². The van der Waals surface area contributed by atoms with Gasteiger partial charge in [-0.3, -0.25) is 9.69 Å². The van der Waals surface area contributed by atoms with E-state index in [2.05, 4.69) is 17.1 Å². The van der Waals surface area contributed by atoms with Gasteiger partial charge in [0.2, 0.25) is 0 Å². The summed E-state index contributed by atoms with van der Waals surface area (Å²) in [7, 11) is 0. The summed E-state index contributed by atoms with van der Waals surface area (Å²) in [6.45, 7) is 8.46. The largest absolute Gasteiger partial charge is 0.381 e. The van der Waals surface area contributed by atoms with Crippen molar-refractivity contribution in [3.63, 3.8) is 0 Å². The lowest BCUT2D eigenvalue weighted by Gasteiger charge is -2.29.